The summed E-state index contributed by atoms with van der Waals surface area (Å²) in [7, 11) is 4.35. The molecule has 0 fully saturated rings. The number of rotatable bonds is 7. The first kappa shape index (κ1) is 26.0. The first-order valence-electron chi connectivity index (χ1n) is 9.95. The van der Waals surface area contributed by atoms with Crippen molar-refractivity contribution in [1.82, 2.24) is 5.01 Å². The molecular weight excluding hydrogens is 396 g/mol. The maximum atomic E-state index is 9.86. The van der Waals surface area contributed by atoms with E-state index in [9.17, 15) is 4.79 Å². The standard InChI is InChI=1S/C15H23N3O2.C7H7NO.CH4O/c1-19-12-8-6-11(7-9-12)10-18(17)15-13(16)4-3-5-14(15)20-2;9-6-8-7-4-2-1-3-5-7;1-2/h6-9,14H,3-5,10,16-17H2,1-2H3;1-6H,(H,8,9);2H,1H3. The zero-order valence-electron chi connectivity index (χ0n) is 18.5. The molecule has 0 saturated carbocycles. The fraction of sp³-hybridized carbons (Fsp3) is 0.348. The van der Waals surface area contributed by atoms with Crippen LogP contribution >= 0.6 is 0 Å². The van der Waals surface area contributed by atoms with Gasteiger partial charge in [0.2, 0.25) is 6.41 Å². The summed E-state index contributed by atoms with van der Waals surface area (Å²) < 4.78 is 10.6. The summed E-state index contributed by atoms with van der Waals surface area (Å²) in [5, 5.41) is 11.2. The van der Waals surface area contributed by atoms with Crippen molar-refractivity contribution in [3.05, 3.63) is 71.6 Å². The van der Waals surface area contributed by atoms with E-state index in [0.717, 1.165) is 54.8 Å². The van der Waals surface area contributed by atoms with Gasteiger partial charge in [-0.1, -0.05) is 30.3 Å². The van der Waals surface area contributed by atoms with Gasteiger partial charge in [-0.25, -0.2) is 5.84 Å². The average molecular weight is 431 g/mol. The molecule has 0 bridgehead atoms. The number of carbonyl (C=O) groups excluding carboxylic acids is 1. The molecule has 0 aliphatic heterocycles. The summed E-state index contributed by atoms with van der Waals surface area (Å²) in [4.78, 5) is 9.86. The normalized spacial score (nSPS) is 14.9. The minimum absolute atomic E-state index is 0.00741. The summed E-state index contributed by atoms with van der Waals surface area (Å²) in [6, 6.07) is 17.1. The van der Waals surface area contributed by atoms with Crippen molar-refractivity contribution in [3.63, 3.8) is 0 Å². The maximum Gasteiger partial charge on any atom is 0.211 e. The van der Waals surface area contributed by atoms with E-state index < -0.39 is 0 Å². The van der Waals surface area contributed by atoms with Crippen molar-refractivity contribution in [2.75, 3.05) is 26.6 Å². The Labute approximate surface area is 184 Å². The van der Waals surface area contributed by atoms with Crippen molar-refractivity contribution in [2.45, 2.75) is 31.9 Å². The second-order valence-corrected chi connectivity index (χ2v) is 6.63. The number of aliphatic hydroxyl groups is 1. The molecule has 0 heterocycles. The van der Waals surface area contributed by atoms with Gasteiger partial charge < -0.3 is 30.6 Å². The van der Waals surface area contributed by atoms with Gasteiger partial charge in [0.25, 0.3) is 0 Å². The molecule has 0 spiro atoms. The smallest absolute Gasteiger partial charge is 0.211 e. The first-order chi connectivity index (χ1) is 15.1. The number of hydrogen-bond acceptors (Lipinski definition) is 7. The predicted octanol–water partition coefficient (Wildman–Crippen LogP) is 2.60. The molecule has 1 amide bonds. The minimum atomic E-state index is -0.00741. The number of ether oxygens (including phenoxy) is 2. The average Bonchev–Trinajstić information content (AvgIpc) is 2.82. The molecule has 1 aliphatic rings. The van der Waals surface area contributed by atoms with E-state index in [-0.39, 0.29) is 6.10 Å². The predicted molar refractivity (Wildman–Crippen MR) is 123 cm³/mol. The molecule has 1 unspecified atom stereocenters. The van der Waals surface area contributed by atoms with Gasteiger partial charge in [0.1, 0.15) is 5.75 Å². The number of nitrogens with two attached hydrogens (primary N) is 2. The molecule has 0 saturated heterocycles. The van der Waals surface area contributed by atoms with Crippen LogP contribution in [0.3, 0.4) is 0 Å². The number of nitrogens with zero attached hydrogens (tertiary/aromatic N) is 1. The molecule has 1 atom stereocenters. The maximum absolute atomic E-state index is 9.86. The Balaban J connectivity index is 0.000000365. The number of benzene rings is 2. The highest BCUT2D eigenvalue weighted by Gasteiger charge is 2.25. The zero-order chi connectivity index (χ0) is 23.1. The topological polar surface area (TPSA) is 123 Å². The van der Waals surface area contributed by atoms with Crippen molar-refractivity contribution >= 4 is 12.1 Å². The molecule has 0 aromatic heterocycles. The van der Waals surface area contributed by atoms with Crippen molar-refractivity contribution in [3.8, 4) is 5.75 Å². The van der Waals surface area contributed by atoms with Gasteiger partial charge in [-0.3, -0.25) is 4.79 Å². The van der Waals surface area contributed by atoms with Crippen LogP contribution in [0.15, 0.2) is 66.0 Å². The molecule has 3 rings (SSSR count). The molecule has 8 nitrogen and oxygen atoms in total. The monoisotopic (exact) mass is 430 g/mol. The fourth-order valence-corrected chi connectivity index (χ4v) is 3.16. The number of nitrogens with one attached hydrogen (secondary N) is 1. The Hall–Kier alpha value is -3.07. The quantitative estimate of drug-likeness (QED) is 0.302. The number of allylic oxidation sites excluding steroid dienone is 1. The van der Waals surface area contributed by atoms with Gasteiger partial charge in [0, 0.05) is 25.6 Å². The van der Waals surface area contributed by atoms with Gasteiger partial charge in [-0.2, -0.15) is 0 Å². The van der Waals surface area contributed by atoms with E-state index in [4.69, 9.17) is 26.2 Å². The Bertz CT molecular complexity index is 782. The molecule has 0 radical (unpaired) electrons. The lowest BCUT2D eigenvalue weighted by Crippen LogP contribution is -2.40. The van der Waals surface area contributed by atoms with Crippen LogP contribution in [0.4, 0.5) is 5.69 Å². The van der Waals surface area contributed by atoms with Gasteiger partial charge in [-0.05, 0) is 49.1 Å². The van der Waals surface area contributed by atoms with Crippen LogP contribution in [0.2, 0.25) is 0 Å². The molecule has 31 heavy (non-hydrogen) atoms. The van der Waals surface area contributed by atoms with Crippen molar-refractivity contribution < 1.29 is 19.4 Å². The first-order valence-corrected chi connectivity index (χ1v) is 9.95. The fourth-order valence-electron chi connectivity index (χ4n) is 3.16. The van der Waals surface area contributed by atoms with Crippen LogP contribution in [0.25, 0.3) is 0 Å². The van der Waals surface area contributed by atoms with E-state index in [1.54, 1.807) is 19.2 Å². The second-order valence-electron chi connectivity index (χ2n) is 6.63. The number of aliphatic hydroxyl groups excluding tert-OH is 1. The van der Waals surface area contributed by atoms with E-state index in [0.29, 0.717) is 13.0 Å². The summed E-state index contributed by atoms with van der Waals surface area (Å²) >= 11 is 0. The van der Waals surface area contributed by atoms with Crippen LogP contribution in [0.1, 0.15) is 24.8 Å². The van der Waals surface area contributed by atoms with Crippen LogP contribution in [0, 0.1) is 0 Å². The number of hydrogen-bond donors (Lipinski definition) is 4. The zero-order valence-corrected chi connectivity index (χ0v) is 18.5. The molecular formula is C23H34N4O4. The lowest BCUT2D eigenvalue weighted by Gasteiger charge is -2.32. The summed E-state index contributed by atoms with van der Waals surface area (Å²) in [5.41, 5.74) is 9.78. The van der Waals surface area contributed by atoms with Gasteiger partial charge in [0.15, 0.2) is 0 Å². The summed E-state index contributed by atoms with van der Waals surface area (Å²) in [5.74, 6) is 7.03. The SMILES string of the molecule is CO.COc1ccc(CN(N)C2=C(N)CCCC2OC)cc1.O=CNc1ccccc1. The number of anilines is 1. The van der Waals surface area contributed by atoms with E-state index in [1.807, 2.05) is 54.6 Å². The lowest BCUT2D eigenvalue weighted by atomic mass is 9.98. The van der Waals surface area contributed by atoms with Crippen LogP contribution in [-0.4, -0.2) is 44.0 Å². The van der Waals surface area contributed by atoms with E-state index in [1.165, 1.54) is 0 Å². The Morgan fingerprint density at radius 3 is 2.32 bits per heavy atom. The lowest BCUT2D eigenvalue weighted by molar-refractivity contribution is -0.105. The van der Waals surface area contributed by atoms with Gasteiger partial charge >= 0.3 is 0 Å². The highest BCUT2D eigenvalue weighted by atomic mass is 16.5. The third-order valence-corrected chi connectivity index (χ3v) is 4.65. The Kier molecular flexibility index (Phi) is 12.4. The number of hydrazine groups is 1. The second kappa shape index (κ2) is 14.8. The Morgan fingerprint density at radius 1 is 1.13 bits per heavy atom. The molecule has 2 aromatic carbocycles. The minimum Gasteiger partial charge on any atom is -0.497 e. The van der Waals surface area contributed by atoms with Crippen molar-refractivity contribution in [2.24, 2.45) is 11.6 Å². The third-order valence-electron chi connectivity index (χ3n) is 4.65. The molecule has 2 aromatic rings. The molecule has 170 valence electrons. The Morgan fingerprint density at radius 2 is 1.77 bits per heavy atom. The van der Waals surface area contributed by atoms with Gasteiger partial charge in [0.05, 0.1) is 25.5 Å². The van der Waals surface area contributed by atoms with Crippen molar-refractivity contribution in [1.29, 1.82) is 0 Å². The number of methoxy groups -OCH3 is 2. The summed E-state index contributed by atoms with van der Waals surface area (Å²) in [6.07, 6.45) is 3.54. The molecule has 6 N–H and O–H groups in total. The van der Waals surface area contributed by atoms with E-state index >= 15 is 0 Å². The highest BCUT2D eigenvalue weighted by molar-refractivity contribution is 5.70. The summed E-state index contributed by atoms with van der Waals surface area (Å²) in [6.45, 7) is 0.597. The van der Waals surface area contributed by atoms with Gasteiger partial charge in [-0.15, -0.1) is 0 Å². The van der Waals surface area contributed by atoms with E-state index in [2.05, 4.69) is 5.32 Å². The largest absolute Gasteiger partial charge is 0.497 e. The van der Waals surface area contributed by atoms with Crippen LogP contribution < -0.4 is 21.6 Å². The number of para-hydroxylation sites is 1. The third kappa shape index (κ3) is 8.67. The highest BCUT2D eigenvalue weighted by Crippen LogP contribution is 2.26. The molecule has 1 aliphatic carbocycles. The number of amides is 1. The van der Waals surface area contributed by atoms with Crippen LogP contribution in [-0.2, 0) is 16.1 Å². The number of carbonyl (C=O) groups is 1. The van der Waals surface area contributed by atoms with Crippen LogP contribution in [0.5, 0.6) is 5.75 Å². The molecule has 8 heteroatoms.